The van der Waals surface area contributed by atoms with Crippen molar-refractivity contribution >= 4 is 39.0 Å². The van der Waals surface area contributed by atoms with Crippen LogP contribution in [0, 0.1) is 13.8 Å². The van der Waals surface area contributed by atoms with Crippen molar-refractivity contribution in [3.05, 3.63) is 47.8 Å². The first-order valence-electron chi connectivity index (χ1n) is 10.9. The predicted molar refractivity (Wildman–Crippen MR) is 130 cm³/mol. The number of aromatic nitrogens is 5. The fourth-order valence-electron chi connectivity index (χ4n) is 3.69. The highest BCUT2D eigenvalue weighted by Gasteiger charge is 2.22. The Morgan fingerprint density at radius 1 is 1.00 bits per heavy atom. The first kappa shape index (κ1) is 23.8. The minimum absolute atomic E-state index is 0.100. The molecule has 1 atom stereocenters. The molecule has 1 unspecified atom stereocenters. The number of hydrogen-bond donors (Lipinski definition) is 2. The summed E-state index contributed by atoms with van der Waals surface area (Å²) in [5.74, 6) is 2.57. The van der Waals surface area contributed by atoms with Crippen LogP contribution in [0.4, 0.5) is 29.0 Å². The number of sulfonamides is 1. The van der Waals surface area contributed by atoms with Gasteiger partial charge in [0.15, 0.2) is 5.82 Å². The van der Waals surface area contributed by atoms with E-state index in [0.29, 0.717) is 41.4 Å². The molecular formula is C22H28N8O3S. The zero-order valence-electron chi connectivity index (χ0n) is 19.6. The van der Waals surface area contributed by atoms with E-state index in [1.165, 1.54) is 17.7 Å². The van der Waals surface area contributed by atoms with Crippen molar-refractivity contribution in [3.8, 4) is 0 Å². The summed E-state index contributed by atoms with van der Waals surface area (Å²) in [7, 11) is -2.03. The molecule has 180 valence electrons. The fraction of sp³-hybridized carbons (Fsp3) is 0.409. The molecule has 0 radical (unpaired) electrons. The molecule has 1 saturated heterocycles. The summed E-state index contributed by atoms with van der Waals surface area (Å²) in [5, 5.41) is 6.26. The van der Waals surface area contributed by atoms with Crippen molar-refractivity contribution < 1.29 is 13.2 Å². The van der Waals surface area contributed by atoms with Crippen molar-refractivity contribution in [1.29, 1.82) is 0 Å². The standard InChI is InChI=1S/C22H28N8O3S/c1-14-9-21(27-15(2)26-14)28-19-11-20(25-13-24-19)29-22-17(30(3)34(4,31)32)10-16(12-23-22)18-7-5-6-8-33-18/h9-13,18H,5-8H2,1-4H3,(H2,23,24,25,26,27,28,29). The number of pyridine rings is 1. The van der Waals surface area contributed by atoms with Gasteiger partial charge in [-0.05, 0) is 39.2 Å². The third-order valence-electron chi connectivity index (χ3n) is 5.41. The van der Waals surface area contributed by atoms with E-state index < -0.39 is 10.0 Å². The molecule has 2 N–H and O–H groups in total. The van der Waals surface area contributed by atoms with Crippen LogP contribution in [0.2, 0.25) is 0 Å². The molecule has 12 heteroatoms. The highest BCUT2D eigenvalue weighted by molar-refractivity contribution is 7.92. The molecule has 0 amide bonds. The van der Waals surface area contributed by atoms with E-state index >= 15 is 0 Å². The van der Waals surface area contributed by atoms with Crippen LogP contribution in [0.3, 0.4) is 0 Å². The predicted octanol–water partition coefficient (Wildman–Crippen LogP) is 3.40. The third-order valence-corrected chi connectivity index (χ3v) is 6.60. The SMILES string of the molecule is Cc1cc(Nc2cc(Nc3ncc(C4CCCCO4)cc3N(C)S(C)(=O)=O)ncn2)nc(C)n1. The van der Waals surface area contributed by atoms with Gasteiger partial charge in [0.05, 0.1) is 18.0 Å². The number of nitrogens with zero attached hydrogens (tertiary/aromatic N) is 6. The minimum Gasteiger partial charge on any atom is -0.373 e. The molecule has 1 aliphatic rings. The third kappa shape index (κ3) is 5.75. The van der Waals surface area contributed by atoms with Gasteiger partial charge in [-0.1, -0.05) is 0 Å². The van der Waals surface area contributed by atoms with E-state index in [2.05, 4.69) is 35.6 Å². The summed E-state index contributed by atoms with van der Waals surface area (Å²) < 4.78 is 31.7. The van der Waals surface area contributed by atoms with Crippen LogP contribution in [-0.4, -0.2) is 53.2 Å². The summed E-state index contributed by atoms with van der Waals surface area (Å²) in [5.41, 5.74) is 2.08. The van der Waals surface area contributed by atoms with Gasteiger partial charge in [-0.25, -0.2) is 33.3 Å². The Morgan fingerprint density at radius 2 is 1.76 bits per heavy atom. The van der Waals surface area contributed by atoms with Crippen molar-refractivity contribution in [3.63, 3.8) is 0 Å². The van der Waals surface area contributed by atoms with Crippen LogP contribution in [0.15, 0.2) is 30.7 Å². The summed E-state index contributed by atoms with van der Waals surface area (Å²) in [6, 6.07) is 5.31. The Balaban J connectivity index is 1.63. The van der Waals surface area contributed by atoms with Crippen molar-refractivity contribution in [2.24, 2.45) is 0 Å². The Hall–Kier alpha value is -3.38. The second kappa shape index (κ2) is 9.85. The van der Waals surface area contributed by atoms with Crippen molar-refractivity contribution in [2.45, 2.75) is 39.2 Å². The van der Waals surface area contributed by atoms with Gasteiger partial charge in [-0.15, -0.1) is 0 Å². The summed E-state index contributed by atoms with van der Waals surface area (Å²) >= 11 is 0. The Kier molecular flexibility index (Phi) is 6.89. The second-order valence-electron chi connectivity index (χ2n) is 8.20. The van der Waals surface area contributed by atoms with Crippen LogP contribution in [0.25, 0.3) is 0 Å². The number of ether oxygens (including phenoxy) is 1. The van der Waals surface area contributed by atoms with E-state index in [-0.39, 0.29) is 6.10 Å². The number of hydrogen-bond acceptors (Lipinski definition) is 10. The lowest BCUT2D eigenvalue weighted by Crippen LogP contribution is -2.26. The lowest BCUT2D eigenvalue weighted by Gasteiger charge is -2.25. The zero-order valence-corrected chi connectivity index (χ0v) is 20.4. The highest BCUT2D eigenvalue weighted by Crippen LogP contribution is 2.34. The quantitative estimate of drug-likeness (QED) is 0.513. The van der Waals surface area contributed by atoms with Gasteiger partial charge in [-0.2, -0.15) is 0 Å². The summed E-state index contributed by atoms with van der Waals surface area (Å²) in [6.45, 7) is 4.39. The van der Waals surface area contributed by atoms with E-state index in [1.807, 2.05) is 19.9 Å². The van der Waals surface area contributed by atoms with Crippen LogP contribution in [0.5, 0.6) is 0 Å². The molecule has 3 aromatic heterocycles. The van der Waals surface area contributed by atoms with E-state index in [4.69, 9.17) is 4.74 Å². The second-order valence-corrected chi connectivity index (χ2v) is 10.2. The van der Waals surface area contributed by atoms with Crippen molar-refractivity contribution in [2.75, 3.05) is 34.8 Å². The minimum atomic E-state index is -3.52. The first-order chi connectivity index (χ1) is 16.2. The van der Waals surface area contributed by atoms with Crippen LogP contribution in [0.1, 0.15) is 42.4 Å². The molecule has 0 bridgehead atoms. The maximum Gasteiger partial charge on any atom is 0.232 e. The zero-order chi connectivity index (χ0) is 24.3. The lowest BCUT2D eigenvalue weighted by atomic mass is 10.0. The molecule has 1 aliphatic heterocycles. The van der Waals surface area contributed by atoms with E-state index in [0.717, 1.165) is 36.8 Å². The molecule has 3 aromatic rings. The van der Waals surface area contributed by atoms with Gasteiger partial charge in [0.25, 0.3) is 0 Å². The molecule has 0 aromatic carbocycles. The topological polar surface area (TPSA) is 135 Å². The molecule has 1 fully saturated rings. The van der Waals surface area contributed by atoms with Crippen molar-refractivity contribution in [1.82, 2.24) is 24.9 Å². The largest absolute Gasteiger partial charge is 0.373 e. The maximum atomic E-state index is 12.3. The van der Waals surface area contributed by atoms with Gasteiger partial charge in [0.2, 0.25) is 10.0 Å². The van der Waals surface area contributed by atoms with E-state index in [9.17, 15) is 8.42 Å². The van der Waals surface area contributed by atoms with Gasteiger partial charge in [-0.3, -0.25) is 4.31 Å². The average Bonchev–Trinajstić information content (AvgIpc) is 2.78. The molecule has 11 nitrogen and oxygen atoms in total. The smallest absolute Gasteiger partial charge is 0.232 e. The molecule has 0 saturated carbocycles. The molecular weight excluding hydrogens is 456 g/mol. The van der Waals surface area contributed by atoms with Gasteiger partial charge < -0.3 is 15.4 Å². The molecule has 4 heterocycles. The Morgan fingerprint density at radius 3 is 2.44 bits per heavy atom. The Labute approximate surface area is 199 Å². The fourth-order valence-corrected chi connectivity index (χ4v) is 4.19. The first-order valence-corrected chi connectivity index (χ1v) is 12.8. The normalized spacial score (nSPS) is 16.2. The monoisotopic (exact) mass is 484 g/mol. The van der Waals surface area contributed by atoms with Gasteiger partial charge in [0.1, 0.15) is 29.6 Å². The highest BCUT2D eigenvalue weighted by atomic mass is 32.2. The van der Waals surface area contributed by atoms with E-state index in [1.54, 1.807) is 18.3 Å². The average molecular weight is 485 g/mol. The van der Waals surface area contributed by atoms with Crippen LogP contribution in [-0.2, 0) is 14.8 Å². The number of anilines is 5. The van der Waals surface area contributed by atoms with Crippen LogP contribution >= 0.6 is 0 Å². The maximum absolute atomic E-state index is 12.3. The molecule has 4 rings (SSSR count). The Bertz CT molecular complexity index is 1260. The molecule has 0 aliphatic carbocycles. The number of aryl methyl sites for hydroxylation is 2. The van der Waals surface area contributed by atoms with Gasteiger partial charge in [0, 0.05) is 43.2 Å². The lowest BCUT2D eigenvalue weighted by molar-refractivity contribution is 0.0148. The number of nitrogens with one attached hydrogen (secondary N) is 2. The molecule has 34 heavy (non-hydrogen) atoms. The molecule has 0 spiro atoms. The number of rotatable bonds is 7. The van der Waals surface area contributed by atoms with Gasteiger partial charge >= 0.3 is 0 Å². The summed E-state index contributed by atoms with van der Waals surface area (Å²) in [4.78, 5) is 21.7. The van der Waals surface area contributed by atoms with Crippen LogP contribution < -0.4 is 14.9 Å². The summed E-state index contributed by atoms with van der Waals surface area (Å²) in [6.07, 6.45) is 7.12.